The summed E-state index contributed by atoms with van der Waals surface area (Å²) in [6.45, 7) is 3.92. The second-order valence-electron chi connectivity index (χ2n) is 4.84. The summed E-state index contributed by atoms with van der Waals surface area (Å²) in [4.78, 5) is 4.58. The first-order valence-corrected chi connectivity index (χ1v) is 6.41. The van der Waals surface area contributed by atoms with Crippen LogP contribution in [-0.4, -0.2) is 12.1 Å². The molecule has 20 heavy (non-hydrogen) atoms. The van der Waals surface area contributed by atoms with Gasteiger partial charge in [-0.15, -0.1) is 0 Å². The number of nitrogens with zero attached hydrogens (tertiary/aromatic N) is 1. The average molecular weight is 268 g/mol. The van der Waals surface area contributed by atoms with Gasteiger partial charge in [-0.3, -0.25) is 0 Å². The van der Waals surface area contributed by atoms with Gasteiger partial charge in [-0.2, -0.15) is 0 Å². The number of fused-ring (bicyclic) bond motifs is 1. The molecule has 0 aliphatic carbocycles. The number of anilines is 1. The number of aromatic nitrogens is 1. The Morgan fingerprint density at radius 3 is 2.75 bits per heavy atom. The SMILES string of the molecule is COc1cccc(-c2nc3c(C)c(N)cc(C)c3o2)c1. The molecule has 0 saturated carbocycles. The molecule has 0 amide bonds. The fraction of sp³-hybridized carbons (Fsp3) is 0.188. The predicted molar refractivity (Wildman–Crippen MR) is 79.9 cm³/mol. The smallest absolute Gasteiger partial charge is 0.227 e. The van der Waals surface area contributed by atoms with Crippen LogP contribution in [0.25, 0.3) is 22.6 Å². The van der Waals surface area contributed by atoms with E-state index in [0.29, 0.717) is 5.89 Å². The normalized spacial score (nSPS) is 10.9. The molecule has 1 heterocycles. The number of nitrogens with two attached hydrogens (primary N) is 1. The molecule has 0 spiro atoms. The Labute approximate surface area is 117 Å². The number of rotatable bonds is 2. The molecule has 0 radical (unpaired) electrons. The molecule has 0 saturated heterocycles. The highest BCUT2D eigenvalue weighted by atomic mass is 16.5. The average Bonchev–Trinajstić information content (AvgIpc) is 2.91. The van der Waals surface area contributed by atoms with Gasteiger partial charge in [-0.05, 0) is 43.7 Å². The first-order chi connectivity index (χ1) is 9.60. The molecule has 0 aliphatic rings. The number of aryl methyl sites for hydroxylation is 2. The lowest BCUT2D eigenvalue weighted by Gasteiger charge is -2.01. The zero-order valence-electron chi connectivity index (χ0n) is 11.7. The standard InChI is InChI=1S/C16H16N2O2/c1-9-7-13(17)10(2)14-15(9)20-16(18-14)11-5-4-6-12(8-11)19-3/h4-8H,17H2,1-3H3. The van der Waals surface area contributed by atoms with E-state index in [0.717, 1.165) is 39.2 Å². The molecule has 3 rings (SSSR count). The van der Waals surface area contributed by atoms with Gasteiger partial charge in [0.05, 0.1) is 7.11 Å². The molecule has 0 atom stereocenters. The minimum Gasteiger partial charge on any atom is -0.497 e. The van der Waals surface area contributed by atoms with E-state index in [9.17, 15) is 0 Å². The van der Waals surface area contributed by atoms with Crippen LogP contribution in [0.1, 0.15) is 11.1 Å². The summed E-state index contributed by atoms with van der Waals surface area (Å²) in [7, 11) is 1.64. The minimum absolute atomic E-state index is 0.579. The zero-order chi connectivity index (χ0) is 14.3. The van der Waals surface area contributed by atoms with Crippen LogP contribution in [0.2, 0.25) is 0 Å². The van der Waals surface area contributed by atoms with Crippen LogP contribution in [0.3, 0.4) is 0 Å². The summed E-state index contributed by atoms with van der Waals surface area (Å²) in [5.74, 6) is 1.36. The van der Waals surface area contributed by atoms with Crippen molar-refractivity contribution in [2.24, 2.45) is 0 Å². The number of benzene rings is 2. The summed E-state index contributed by atoms with van der Waals surface area (Å²) in [5.41, 5.74) is 11.1. The van der Waals surface area contributed by atoms with Gasteiger partial charge in [0.2, 0.25) is 5.89 Å². The molecule has 0 aliphatic heterocycles. The van der Waals surface area contributed by atoms with Crippen molar-refractivity contribution in [2.45, 2.75) is 13.8 Å². The third-order valence-electron chi connectivity index (χ3n) is 3.46. The Bertz CT molecular complexity index is 791. The summed E-state index contributed by atoms with van der Waals surface area (Å²) >= 11 is 0. The molecule has 3 aromatic rings. The lowest BCUT2D eigenvalue weighted by atomic mass is 10.1. The van der Waals surface area contributed by atoms with E-state index < -0.39 is 0 Å². The van der Waals surface area contributed by atoms with Crippen LogP contribution in [0.4, 0.5) is 5.69 Å². The second kappa shape index (κ2) is 4.56. The number of nitrogen functional groups attached to an aromatic ring is 1. The maximum Gasteiger partial charge on any atom is 0.227 e. The molecular weight excluding hydrogens is 252 g/mol. The quantitative estimate of drug-likeness (QED) is 0.720. The second-order valence-corrected chi connectivity index (χ2v) is 4.84. The fourth-order valence-electron chi connectivity index (χ4n) is 2.26. The van der Waals surface area contributed by atoms with Crippen LogP contribution in [0, 0.1) is 13.8 Å². The highest BCUT2D eigenvalue weighted by Crippen LogP contribution is 2.32. The number of hydrogen-bond acceptors (Lipinski definition) is 4. The maximum absolute atomic E-state index is 5.98. The molecule has 1 aromatic heterocycles. The Morgan fingerprint density at radius 2 is 2.00 bits per heavy atom. The Morgan fingerprint density at radius 1 is 1.20 bits per heavy atom. The zero-order valence-corrected chi connectivity index (χ0v) is 11.7. The first-order valence-electron chi connectivity index (χ1n) is 6.41. The molecule has 2 N–H and O–H groups in total. The molecule has 0 fully saturated rings. The topological polar surface area (TPSA) is 61.3 Å². The van der Waals surface area contributed by atoms with Crippen LogP contribution in [-0.2, 0) is 0 Å². The van der Waals surface area contributed by atoms with Gasteiger partial charge in [-0.25, -0.2) is 4.98 Å². The summed E-state index contributed by atoms with van der Waals surface area (Å²) < 4.78 is 11.1. The monoisotopic (exact) mass is 268 g/mol. The van der Waals surface area contributed by atoms with Crippen molar-refractivity contribution in [1.29, 1.82) is 0 Å². The summed E-state index contributed by atoms with van der Waals surface area (Å²) in [6, 6.07) is 9.57. The van der Waals surface area contributed by atoms with Crippen molar-refractivity contribution < 1.29 is 9.15 Å². The number of oxazole rings is 1. The molecule has 0 unspecified atom stereocenters. The lowest BCUT2D eigenvalue weighted by Crippen LogP contribution is -1.91. The van der Waals surface area contributed by atoms with Gasteiger partial charge in [0, 0.05) is 16.8 Å². The number of ether oxygens (including phenoxy) is 1. The molecular formula is C16H16N2O2. The maximum atomic E-state index is 5.98. The van der Waals surface area contributed by atoms with Gasteiger partial charge in [-0.1, -0.05) is 6.07 Å². The van der Waals surface area contributed by atoms with Gasteiger partial charge >= 0.3 is 0 Å². The van der Waals surface area contributed by atoms with Gasteiger partial charge in [0.15, 0.2) is 5.58 Å². The molecule has 0 bridgehead atoms. The van der Waals surface area contributed by atoms with E-state index in [1.54, 1.807) is 7.11 Å². The van der Waals surface area contributed by atoms with Crippen molar-refractivity contribution in [3.8, 4) is 17.2 Å². The van der Waals surface area contributed by atoms with E-state index in [-0.39, 0.29) is 0 Å². The van der Waals surface area contributed by atoms with Crippen LogP contribution >= 0.6 is 0 Å². The highest BCUT2D eigenvalue weighted by Gasteiger charge is 2.14. The third-order valence-corrected chi connectivity index (χ3v) is 3.46. The minimum atomic E-state index is 0.579. The van der Waals surface area contributed by atoms with Gasteiger partial charge < -0.3 is 14.9 Å². The van der Waals surface area contributed by atoms with E-state index in [1.165, 1.54) is 0 Å². The van der Waals surface area contributed by atoms with Crippen molar-refractivity contribution in [2.75, 3.05) is 12.8 Å². The van der Waals surface area contributed by atoms with Gasteiger partial charge in [0.25, 0.3) is 0 Å². The van der Waals surface area contributed by atoms with Crippen molar-refractivity contribution in [1.82, 2.24) is 4.98 Å². The largest absolute Gasteiger partial charge is 0.497 e. The van der Waals surface area contributed by atoms with Crippen LogP contribution < -0.4 is 10.5 Å². The molecule has 2 aromatic carbocycles. The van der Waals surface area contributed by atoms with Gasteiger partial charge in [0.1, 0.15) is 11.3 Å². The van der Waals surface area contributed by atoms with Crippen molar-refractivity contribution in [3.05, 3.63) is 41.5 Å². The lowest BCUT2D eigenvalue weighted by molar-refractivity contribution is 0.415. The summed E-state index contributed by atoms with van der Waals surface area (Å²) in [6.07, 6.45) is 0. The molecule has 4 nitrogen and oxygen atoms in total. The van der Waals surface area contributed by atoms with E-state index in [2.05, 4.69) is 4.98 Å². The van der Waals surface area contributed by atoms with Crippen LogP contribution in [0.5, 0.6) is 5.75 Å². The Hall–Kier alpha value is -2.49. The number of hydrogen-bond donors (Lipinski definition) is 1. The van der Waals surface area contributed by atoms with Crippen molar-refractivity contribution >= 4 is 16.8 Å². The molecule has 4 heteroatoms. The Kier molecular flexibility index (Phi) is 2.86. The summed E-state index contributed by atoms with van der Waals surface area (Å²) in [5, 5.41) is 0. The molecule has 102 valence electrons. The van der Waals surface area contributed by atoms with Crippen molar-refractivity contribution in [3.63, 3.8) is 0 Å². The third kappa shape index (κ3) is 1.90. The highest BCUT2D eigenvalue weighted by molar-refractivity contribution is 5.86. The predicted octanol–water partition coefficient (Wildman–Crippen LogP) is 3.70. The first kappa shape index (κ1) is 12.5. The Balaban J connectivity index is 2.22. The number of methoxy groups -OCH3 is 1. The van der Waals surface area contributed by atoms with E-state index in [4.69, 9.17) is 14.9 Å². The fourth-order valence-corrected chi connectivity index (χ4v) is 2.26. The van der Waals surface area contributed by atoms with E-state index >= 15 is 0 Å². The van der Waals surface area contributed by atoms with E-state index in [1.807, 2.05) is 44.2 Å². The van der Waals surface area contributed by atoms with Crippen LogP contribution in [0.15, 0.2) is 34.7 Å².